The minimum absolute atomic E-state index is 0.227. The summed E-state index contributed by atoms with van der Waals surface area (Å²) in [5.41, 5.74) is 0.869. The predicted octanol–water partition coefficient (Wildman–Crippen LogP) is 5.47. The predicted molar refractivity (Wildman–Crippen MR) is 107 cm³/mol. The van der Waals surface area contributed by atoms with Crippen LogP contribution in [0.4, 0.5) is 13.2 Å². The summed E-state index contributed by atoms with van der Waals surface area (Å²) in [7, 11) is 1.92. The van der Waals surface area contributed by atoms with E-state index in [0.29, 0.717) is 24.0 Å². The number of benzene rings is 1. The lowest BCUT2D eigenvalue weighted by Crippen LogP contribution is -2.22. The normalized spacial score (nSPS) is 14.5. The molecule has 2 heterocycles. The lowest BCUT2D eigenvalue weighted by Gasteiger charge is -2.17. The number of hydrogen-bond donors (Lipinski definition) is 0. The zero-order chi connectivity index (χ0) is 20.6. The van der Waals surface area contributed by atoms with Gasteiger partial charge < -0.3 is 4.74 Å². The van der Waals surface area contributed by atoms with Gasteiger partial charge in [-0.1, -0.05) is 18.2 Å². The van der Waals surface area contributed by atoms with Gasteiger partial charge in [0.15, 0.2) is 10.6 Å². The molecule has 2 aromatic heterocycles. The second kappa shape index (κ2) is 7.92. The van der Waals surface area contributed by atoms with Gasteiger partial charge in [0.05, 0.1) is 11.5 Å². The highest BCUT2D eigenvalue weighted by atomic mass is 32.1. The van der Waals surface area contributed by atoms with E-state index >= 15 is 0 Å². The van der Waals surface area contributed by atoms with Gasteiger partial charge in [-0.25, -0.2) is 4.68 Å². The van der Waals surface area contributed by atoms with E-state index < -0.39 is 6.36 Å². The second-order valence-corrected chi connectivity index (χ2v) is 8.34. The molecule has 0 saturated heterocycles. The van der Waals surface area contributed by atoms with Gasteiger partial charge in [0.25, 0.3) is 0 Å². The monoisotopic (exact) mass is 440 g/mol. The summed E-state index contributed by atoms with van der Waals surface area (Å²) in [5.74, 6) is 0.671. The number of nitrogens with zero attached hydrogens (tertiary/aromatic N) is 4. The molecule has 154 valence electrons. The summed E-state index contributed by atoms with van der Waals surface area (Å²) in [6, 6.07) is 10.3. The van der Waals surface area contributed by atoms with Crippen molar-refractivity contribution in [1.82, 2.24) is 19.2 Å². The molecular formula is C19H19F3N4OS2. The maximum absolute atomic E-state index is 12.3. The van der Waals surface area contributed by atoms with E-state index in [0.717, 1.165) is 29.1 Å². The first kappa shape index (κ1) is 20.1. The Hall–Kier alpha value is -2.17. The Morgan fingerprint density at radius 1 is 1.24 bits per heavy atom. The molecule has 1 aromatic carbocycles. The van der Waals surface area contributed by atoms with Crippen LogP contribution in [-0.4, -0.2) is 32.7 Å². The number of aromatic nitrogens is 3. The van der Waals surface area contributed by atoms with Gasteiger partial charge in [0.2, 0.25) is 0 Å². The van der Waals surface area contributed by atoms with Gasteiger partial charge in [0.1, 0.15) is 5.75 Å². The highest BCUT2D eigenvalue weighted by Crippen LogP contribution is 2.39. The average molecular weight is 441 g/mol. The molecule has 10 heteroatoms. The van der Waals surface area contributed by atoms with Crippen LogP contribution in [0.3, 0.4) is 0 Å². The van der Waals surface area contributed by atoms with Crippen LogP contribution in [0.1, 0.15) is 24.4 Å². The fraction of sp³-hybridized carbons (Fsp3) is 0.368. The van der Waals surface area contributed by atoms with Crippen LogP contribution in [0.2, 0.25) is 0 Å². The van der Waals surface area contributed by atoms with Crippen molar-refractivity contribution in [3.05, 3.63) is 52.1 Å². The average Bonchev–Trinajstić information content (AvgIpc) is 3.22. The van der Waals surface area contributed by atoms with Crippen molar-refractivity contribution in [2.75, 3.05) is 7.05 Å². The van der Waals surface area contributed by atoms with Crippen molar-refractivity contribution < 1.29 is 17.9 Å². The molecule has 0 radical (unpaired) electrons. The first-order valence-corrected chi connectivity index (χ1v) is 10.4. The number of rotatable bonds is 7. The molecule has 1 fully saturated rings. The number of hydrogen-bond acceptors (Lipinski definition) is 5. The van der Waals surface area contributed by atoms with Crippen LogP contribution >= 0.6 is 23.6 Å². The molecule has 5 nitrogen and oxygen atoms in total. The molecule has 29 heavy (non-hydrogen) atoms. The molecular weight excluding hydrogens is 421 g/mol. The third-order valence-electron chi connectivity index (χ3n) is 4.51. The van der Waals surface area contributed by atoms with Crippen molar-refractivity contribution in [1.29, 1.82) is 0 Å². The van der Waals surface area contributed by atoms with E-state index in [1.54, 1.807) is 23.5 Å². The number of halogens is 3. The van der Waals surface area contributed by atoms with E-state index in [1.807, 2.05) is 34.1 Å². The zero-order valence-electron chi connectivity index (χ0n) is 15.6. The molecule has 1 aliphatic carbocycles. The highest BCUT2D eigenvalue weighted by molar-refractivity contribution is 7.71. The Morgan fingerprint density at radius 2 is 1.97 bits per heavy atom. The van der Waals surface area contributed by atoms with E-state index in [4.69, 9.17) is 17.3 Å². The first-order valence-electron chi connectivity index (χ1n) is 9.06. The van der Waals surface area contributed by atoms with Crippen LogP contribution in [0.25, 0.3) is 10.7 Å². The van der Waals surface area contributed by atoms with Crippen LogP contribution in [0, 0.1) is 4.77 Å². The summed E-state index contributed by atoms with van der Waals surface area (Å²) < 4.78 is 45.4. The molecule has 1 aliphatic rings. The minimum Gasteiger partial charge on any atom is -0.406 e. The largest absolute Gasteiger partial charge is 0.573 e. The van der Waals surface area contributed by atoms with Gasteiger partial charge in [-0.3, -0.25) is 9.47 Å². The quantitative estimate of drug-likeness (QED) is 0.457. The fourth-order valence-electron chi connectivity index (χ4n) is 3.13. The van der Waals surface area contributed by atoms with E-state index in [9.17, 15) is 13.2 Å². The minimum atomic E-state index is -4.69. The van der Waals surface area contributed by atoms with Crippen molar-refractivity contribution in [2.24, 2.45) is 0 Å². The van der Waals surface area contributed by atoms with Crippen LogP contribution < -0.4 is 4.74 Å². The first-order chi connectivity index (χ1) is 13.8. The Labute approximate surface area is 175 Å². The molecule has 0 spiro atoms. The SMILES string of the molecule is CN(Cc1ccc(OC(F)(F)F)cc1)Cn1nc(-c2cccs2)n(C2CC2)c1=S. The standard InChI is InChI=1S/C19H19F3N4OS2/c1-24(11-13-4-8-15(9-5-13)27-19(20,21)22)12-25-18(28)26(14-6-7-14)17(23-25)16-3-2-10-29-16/h2-5,8-10,14H,6-7,11-12H2,1H3. The Morgan fingerprint density at radius 3 is 2.55 bits per heavy atom. The molecule has 0 atom stereocenters. The molecule has 1 saturated carbocycles. The van der Waals surface area contributed by atoms with Gasteiger partial charge in [-0.2, -0.15) is 0 Å². The van der Waals surface area contributed by atoms with Gasteiger partial charge >= 0.3 is 6.36 Å². The molecule has 0 bridgehead atoms. The van der Waals surface area contributed by atoms with Crippen molar-refractivity contribution in [3.8, 4) is 16.5 Å². The molecule has 0 amide bonds. The second-order valence-electron chi connectivity index (χ2n) is 7.03. The lowest BCUT2D eigenvalue weighted by atomic mass is 10.2. The molecule has 4 rings (SSSR count). The van der Waals surface area contributed by atoms with Crippen molar-refractivity contribution >= 4 is 23.6 Å². The lowest BCUT2D eigenvalue weighted by molar-refractivity contribution is -0.274. The fourth-order valence-corrected chi connectivity index (χ4v) is 4.17. The third-order valence-corrected chi connectivity index (χ3v) is 5.78. The highest BCUT2D eigenvalue weighted by Gasteiger charge is 2.31. The van der Waals surface area contributed by atoms with Crippen molar-refractivity contribution in [3.63, 3.8) is 0 Å². The van der Waals surface area contributed by atoms with Gasteiger partial charge in [-0.05, 0) is 61.2 Å². The Balaban J connectivity index is 1.47. The van der Waals surface area contributed by atoms with E-state index in [1.165, 1.54) is 12.1 Å². The zero-order valence-corrected chi connectivity index (χ0v) is 17.2. The maximum Gasteiger partial charge on any atom is 0.573 e. The van der Waals surface area contributed by atoms with E-state index in [-0.39, 0.29) is 5.75 Å². The van der Waals surface area contributed by atoms with Crippen molar-refractivity contribution in [2.45, 2.75) is 38.5 Å². The molecule has 0 N–H and O–H groups in total. The number of thiophene rings is 1. The smallest absolute Gasteiger partial charge is 0.406 e. The van der Waals surface area contributed by atoms with Crippen LogP contribution in [0.5, 0.6) is 5.75 Å². The summed E-state index contributed by atoms with van der Waals surface area (Å²) in [4.78, 5) is 3.10. The Kier molecular flexibility index (Phi) is 5.50. The number of ether oxygens (including phenoxy) is 1. The third kappa shape index (κ3) is 4.88. The van der Waals surface area contributed by atoms with E-state index in [2.05, 4.69) is 9.30 Å². The van der Waals surface area contributed by atoms with Gasteiger partial charge in [0, 0.05) is 12.6 Å². The summed E-state index contributed by atoms with van der Waals surface area (Å²) in [6.45, 7) is 1.02. The number of alkyl halides is 3. The van der Waals surface area contributed by atoms with Crippen LogP contribution in [0.15, 0.2) is 41.8 Å². The Bertz CT molecular complexity index is 1020. The summed E-state index contributed by atoms with van der Waals surface area (Å²) in [5, 5.41) is 6.77. The maximum atomic E-state index is 12.3. The molecule has 0 unspecified atom stereocenters. The topological polar surface area (TPSA) is 35.2 Å². The van der Waals surface area contributed by atoms with Crippen LogP contribution in [-0.2, 0) is 13.2 Å². The summed E-state index contributed by atoms with van der Waals surface area (Å²) in [6.07, 6.45) is -2.46. The molecule has 3 aromatic rings. The van der Waals surface area contributed by atoms with Gasteiger partial charge in [-0.15, -0.1) is 29.6 Å². The molecule has 0 aliphatic heterocycles. The summed E-state index contributed by atoms with van der Waals surface area (Å²) >= 11 is 7.31.